The lowest BCUT2D eigenvalue weighted by Gasteiger charge is -2.25. The van der Waals surface area contributed by atoms with Crippen molar-refractivity contribution in [3.05, 3.63) is 60.8 Å². The summed E-state index contributed by atoms with van der Waals surface area (Å²) in [4.78, 5) is 11.4. The Labute approximate surface area is 203 Å². The smallest absolute Gasteiger partial charge is 0.150 e. The van der Waals surface area contributed by atoms with Gasteiger partial charge in [0.15, 0.2) is 0 Å². The number of hydrogen-bond donors (Lipinski definition) is 1. The Bertz CT molecular complexity index is 1300. The van der Waals surface area contributed by atoms with Crippen LogP contribution in [0.4, 0.5) is 15.8 Å². The monoisotopic (exact) mass is 476 g/mol. The number of halogens is 1. The molecule has 0 radical (unpaired) electrons. The van der Waals surface area contributed by atoms with E-state index in [1.807, 2.05) is 47.0 Å². The van der Waals surface area contributed by atoms with E-state index in [-0.39, 0.29) is 12.0 Å². The van der Waals surface area contributed by atoms with Crippen LogP contribution in [0.1, 0.15) is 32.4 Å². The molecule has 1 atom stereocenters. The molecule has 5 rings (SSSR count). The number of ether oxygens (including phenoxy) is 2. The fourth-order valence-corrected chi connectivity index (χ4v) is 4.36. The fourth-order valence-electron chi connectivity index (χ4n) is 4.36. The van der Waals surface area contributed by atoms with Gasteiger partial charge >= 0.3 is 0 Å². The first-order chi connectivity index (χ1) is 17.1. The van der Waals surface area contributed by atoms with E-state index >= 15 is 0 Å². The van der Waals surface area contributed by atoms with E-state index in [2.05, 4.69) is 10.1 Å². The molecule has 9 heteroatoms. The Morgan fingerprint density at radius 3 is 2.86 bits per heavy atom. The molecule has 8 nitrogen and oxygen atoms in total. The third-order valence-electron chi connectivity index (χ3n) is 6.02. The summed E-state index contributed by atoms with van der Waals surface area (Å²) in [7, 11) is 0. The van der Waals surface area contributed by atoms with Crippen molar-refractivity contribution >= 4 is 22.4 Å². The van der Waals surface area contributed by atoms with Crippen molar-refractivity contribution in [2.24, 2.45) is 5.73 Å². The first-order valence-electron chi connectivity index (χ1n) is 12.0. The number of aromatic nitrogens is 4. The first kappa shape index (κ1) is 23.2. The molecule has 1 fully saturated rings. The minimum absolute atomic E-state index is 0.0322. The fraction of sp³-hybridized carbons (Fsp3) is 0.346. The largest absolute Gasteiger partial charge is 0.494 e. The summed E-state index contributed by atoms with van der Waals surface area (Å²) in [6, 6.07) is 10.5. The van der Waals surface area contributed by atoms with Gasteiger partial charge in [0.25, 0.3) is 0 Å². The van der Waals surface area contributed by atoms with Crippen molar-refractivity contribution in [1.29, 1.82) is 0 Å². The third kappa shape index (κ3) is 5.11. The van der Waals surface area contributed by atoms with Crippen LogP contribution < -0.4 is 15.4 Å². The first-order valence-corrected chi connectivity index (χ1v) is 12.0. The number of nitrogens with two attached hydrogens (primary N) is 1. The van der Waals surface area contributed by atoms with Gasteiger partial charge in [0.05, 0.1) is 35.7 Å². The maximum absolute atomic E-state index is 14.3. The molecule has 2 aromatic heterocycles. The summed E-state index contributed by atoms with van der Waals surface area (Å²) in [5, 5.41) is 4.49. The van der Waals surface area contributed by atoms with Crippen LogP contribution in [-0.4, -0.2) is 46.1 Å². The summed E-state index contributed by atoms with van der Waals surface area (Å²) in [6.45, 7) is 3.98. The van der Waals surface area contributed by atoms with Gasteiger partial charge in [-0.05, 0) is 50.5 Å². The van der Waals surface area contributed by atoms with Crippen molar-refractivity contribution < 1.29 is 13.9 Å². The SMILES string of the molecule is CCOc1cc(F)cc(N(CCN)c2ccc3ncc(-c4cnn(C5CCCCO5)c4)nc3c2)c1. The topological polar surface area (TPSA) is 91.3 Å². The summed E-state index contributed by atoms with van der Waals surface area (Å²) in [5.41, 5.74) is 10.5. The van der Waals surface area contributed by atoms with E-state index in [0.717, 1.165) is 53.8 Å². The van der Waals surface area contributed by atoms with E-state index in [4.69, 9.17) is 20.2 Å². The summed E-state index contributed by atoms with van der Waals surface area (Å²) in [5.74, 6) is 0.112. The predicted octanol–water partition coefficient (Wildman–Crippen LogP) is 4.83. The van der Waals surface area contributed by atoms with Gasteiger partial charge in [0.1, 0.15) is 17.8 Å². The average molecular weight is 477 g/mol. The van der Waals surface area contributed by atoms with E-state index in [9.17, 15) is 4.39 Å². The van der Waals surface area contributed by atoms with Gasteiger partial charge in [0.2, 0.25) is 0 Å². The van der Waals surface area contributed by atoms with Crippen LogP contribution in [-0.2, 0) is 4.74 Å². The van der Waals surface area contributed by atoms with Crippen molar-refractivity contribution in [3.8, 4) is 17.0 Å². The molecule has 35 heavy (non-hydrogen) atoms. The number of rotatable bonds is 8. The van der Waals surface area contributed by atoms with Crippen molar-refractivity contribution in [3.63, 3.8) is 0 Å². The normalized spacial score (nSPS) is 15.9. The summed E-state index contributed by atoms with van der Waals surface area (Å²) >= 11 is 0. The Morgan fingerprint density at radius 2 is 2.06 bits per heavy atom. The average Bonchev–Trinajstić information content (AvgIpc) is 3.37. The molecular weight excluding hydrogens is 447 g/mol. The van der Waals surface area contributed by atoms with Crippen LogP contribution in [0.15, 0.2) is 55.0 Å². The van der Waals surface area contributed by atoms with Crippen LogP contribution in [0.25, 0.3) is 22.3 Å². The molecule has 3 heterocycles. The van der Waals surface area contributed by atoms with Gasteiger partial charge in [-0.2, -0.15) is 5.10 Å². The zero-order valence-corrected chi connectivity index (χ0v) is 19.7. The van der Waals surface area contributed by atoms with Crippen LogP contribution >= 0.6 is 0 Å². The van der Waals surface area contributed by atoms with Crippen LogP contribution in [0, 0.1) is 5.82 Å². The molecule has 1 unspecified atom stereocenters. The standard InChI is InChI=1S/C26H29FN6O2/c1-2-34-22-12-19(27)11-21(13-22)32(9-8-28)20-6-7-23-24(14-20)31-25(16-29-23)18-15-30-33(17-18)26-5-3-4-10-35-26/h6-7,11-17,26H,2-5,8-10,28H2,1H3. The second-order valence-electron chi connectivity index (χ2n) is 8.48. The lowest BCUT2D eigenvalue weighted by molar-refractivity contribution is -0.0394. The highest BCUT2D eigenvalue weighted by Gasteiger charge is 2.18. The molecule has 0 amide bonds. The number of anilines is 2. The zero-order valence-electron chi connectivity index (χ0n) is 19.7. The van der Waals surface area contributed by atoms with Crippen LogP contribution in [0.3, 0.4) is 0 Å². The molecular formula is C26H29FN6O2. The molecule has 1 aliphatic rings. The summed E-state index contributed by atoms with van der Waals surface area (Å²) < 4.78 is 27.6. The van der Waals surface area contributed by atoms with Gasteiger partial charge in [-0.1, -0.05) is 0 Å². The Morgan fingerprint density at radius 1 is 1.14 bits per heavy atom. The second kappa shape index (κ2) is 10.4. The maximum atomic E-state index is 14.3. The van der Waals surface area contributed by atoms with E-state index in [1.165, 1.54) is 12.1 Å². The van der Waals surface area contributed by atoms with Gasteiger partial charge < -0.3 is 20.1 Å². The van der Waals surface area contributed by atoms with Crippen LogP contribution in [0.2, 0.25) is 0 Å². The molecule has 2 N–H and O–H groups in total. The molecule has 0 aliphatic carbocycles. The minimum Gasteiger partial charge on any atom is -0.494 e. The third-order valence-corrected chi connectivity index (χ3v) is 6.02. The quantitative estimate of drug-likeness (QED) is 0.390. The molecule has 4 aromatic rings. The number of fused-ring (bicyclic) bond motifs is 1. The lowest BCUT2D eigenvalue weighted by atomic mass is 10.2. The predicted molar refractivity (Wildman–Crippen MR) is 133 cm³/mol. The highest BCUT2D eigenvalue weighted by Crippen LogP contribution is 2.32. The molecule has 1 saturated heterocycles. The molecule has 0 spiro atoms. The highest BCUT2D eigenvalue weighted by molar-refractivity contribution is 5.82. The van der Waals surface area contributed by atoms with Gasteiger partial charge in [-0.15, -0.1) is 0 Å². The number of nitrogens with zero attached hydrogens (tertiary/aromatic N) is 5. The van der Waals surface area contributed by atoms with Crippen molar-refractivity contribution in [1.82, 2.24) is 19.7 Å². The number of hydrogen-bond acceptors (Lipinski definition) is 7. The highest BCUT2D eigenvalue weighted by atomic mass is 19.1. The summed E-state index contributed by atoms with van der Waals surface area (Å²) in [6.07, 6.45) is 8.65. The molecule has 1 aliphatic heterocycles. The Hall–Kier alpha value is -3.56. The lowest BCUT2D eigenvalue weighted by Crippen LogP contribution is -2.25. The van der Waals surface area contributed by atoms with Crippen molar-refractivity contribution in [2.75, 3.05) is 31.2 Å². The molecule has 0 saturated carbocycles. The van der Waals surface area contributed by atoms with E-state index in [0.29, 0.717) is 31.1 Å². The number of benzene rings is 2. The Kier molecular flexibility index (Phi) is 6.87. The van der Waals surface area contributed by atoms with Gasteiger partial charge in [-0.3, -0.25) is 4.98 Å². The zero-order chi connectivity index (χ0) is 24.2. The van der Waals surface area contributed by atoms with Gasteiger partial charge in [-0.25, -0.2) is 14.1 Å². The maximum Gasteiger partial charge on any atom is 0.150 e. The van der Waals surface area contributed by atoms with E-state index < -0.39 is 0 Å². The minimum atomic E-state index is -0.366. The van der Waals surface area contributed by atoms with E-state index in [1.54, 1.807) is 12.4 Å². The molecule has 0 bridgehead atoms. The van der Waals surface area contributed by atoms with Crippen molar-refractivity contribution in [2.45, 2.75) is 32.4 Å². The Balaban J connectivity index is 1.48. The molecule has 2 aromatic carbocycles. The second-order valence-corrected chi connectivity index (χ2v) is 8.48. The molecule has 182 valence electrons. The van der Waals surface area contributed by atoms with Crippen LogP contribution in [0.5, 0.6) is 5.75 Å². The van der Waals surface area contributed by atoms with Gasteiger partial charge in [0, 0.05) is 55.0 Å².